The van der Waals surface area contributed by atoms with Gasteiger partial charge >= 0.3 is 0 Å². The van der Waals surface area contributed by atoms with Crippen LogP contribution in [-0.2, 0) is 14.8 Å². The highest BCUT2D eigenvalue weighted by Crippen LogP contribution is 2.20. The first kappa shape index (κ1) is 17.5. The van der Waals surface area contributed by atoms with Crippen LogP contribution in [-0.4, -0.2) is 54.9 Å². The number of aryl methyl sites for hydroxylation is 1. The summed E-state index contributed by atoms with van der Waals surface area (Å²) in [4.78, 5) is 20.4. The first-order chi connectivity index (χ1) is 12.0. The molecule has 0 unspecified atom stereocenters. The van der Waals surface area contributed by atoms with Crippen LogP contribution in [0.15, 0.2) is 41.6 Å². The molecule has 1 aliphatic heterocycles. The summed E-state index contributed by atoms with van der Waals surface area (Å²) in [5, 5.41) is 2.64. The molecule has 0 radical (unpaired) electrons. The number of morpholine rings is 1. The molecule has 132 valence electrons. The van der Waals surface area contributed by atoms with Crippen molar-refractivity contribution in [3.8, 4) is 0 Å². The lowest BCUT2D eigenvalue weighted by molar-refractivity contribution is 0.0730. The Morgan fingerprint density at radius 3 is 2.64 bits per heavy atom. The van der Waals surface area contributed by atoms with Gasteiger partial charge in [-0.25, -0.2) is 13.4 Å². The molecule has 1 amide bonds. The zero-order chi connectivity index (χ0) is 17.9. The van der Waals surface area contributed by atoms with Gasteiger partial charge in [0.15, 0.2) is 0 Å². The van der Waals surface area contributed by atoms with Crippen molar-refractivity contribution in [2.24, 2.45) is 0 Å². The molecule has 0 spiro atoms. The fourth-order valence-electron chi connectivity index (χ4n) is 2.38. The van der Waals surface area contributed by atoms with E-state index in [4.69, 9.17) is 4.74 Å². The Morgan fingerprint density at radius 2 is 1.96 bits per heavy atom. The third kappa shape index (κ3) is 4.01. The lowest BCUT2D eigenvalue weighted by atomic mass is 10.3. The second-order valence-electron chi connectivity index (χ2n) is 5.54. The molecule has 8 nitrogen and oxygen atoms in total. The summed E-state index contributed by atoms with van der Waals surface area (Å²) >= 11 is 0. The molecule has 1 N–H and O–H groups in total. The Kier molecular flexibility index (Phi) is 5.07. The van der Waals surface area contributed by atoms with Gasteiger partial charge in [0.05, 0.1) is 30.0 Å². The number of anilines is 1. The van der Waals surface area contributed by atoms with Gasteiger partial charge in [-0.1, -0.05) is 6.07 Å². The molecule has 1 aliphatic rings. The van der Waals surface area contributed by atoms with Gasteiger partial charge in [0, 0.05) is 25.0 Å². The summed E-state index contributed by atoms with van der Waals surface area (Å²) in [5.41, 5.74) is 1.24. The number of amides is 1. The van der Waals surface area contributed by atoms with Gasteiger partial charge in [-0.05, 0) is 25.1 Å². The highest BCUT2D eigenvalue weighted by molar-refractivity contribution is 7.89. The van der Waals surface area contributed by atoms with Crippen LogP contribution in [0.25, 0.3) is 0 Å². The van der Waals surface area contributed by atoms with E-state index in [-0.39, 0.29) is 10.6 Å². The molecule has 0 atom stereocenters. The number of nitrogens with one attached hydrogen (secondary N) is 1. The summed E-state index contributed by atoms with van der Waals surface area (Å²) in [7, 11) is -3.62. The molecule has 1 aromatic heterocycles. The number of carbonyl (C=O) groups excluding carboxylic acids is 1. The fourth-order valence-corrected chi connectivity index (χ4v) is 3.83. The summed E-state index contributed by atoms with van der Waals surface area (Å²) in [6, 6.07) is 6.15. The van der Waals surface area contributed by atoms with Crippen LogP contribution in [0.4, 0.5) is 5.69 Å². The third-order valence-corrected chi connectivity index (χ3v) is 5.61. The molecule has 1 aromatic carbocycles. The number of ether oxygens (including phenoxy) is 1. The normalized spacial score (nSPS) is 15.7. The maximum Gasteiger partial charge on any atom is 0.275 e. The van der Waals surface area contributed by atoms with Crippen molar-refractivity contribution in [2.45, 2.75) is 11.8 Å². The topological polar surface area (TPSA) is 101 Å². The van der Waals surface area contributed by atoms with Crippen molar-refractivity contribution >= 4 is 21.6 Å². The van der Waals surface area contributed by atoms with Gasteiger partial charge in [-0.3, -0.25) is 9.78 Å². The van der Waals surface area contributed by atoms with Gasteiger partial charge in [0.1, 0.15) is 5.69 Å². The predicted molar refractivity (Wildman–Crippen MR) is 90.7 cm³/mol. The Balaban J connectivity index is 1.79. The van der Waals surface area contributed by atoms with E-state index >= 15 is 0 Å². The SMILES string of the molecule is Cc1cnc(C(=O)Nc2cccc(S(=O)(=O)N3CCOCC3)c2)cn1. The number of rotatable bonds is 4. The maximum absolute atomic E-state index is 12.7. The first-order valence-electron chi connectivity index (χ1n) is 7.75. The fraction of sp³-hybridized carbons (Fsp3) is 0.312. The third-order valence-electron chi connectivity index (χ3n) is 3.71. The maximum atomic E-state index is 12.7. The highest BCUT2D eigenvalue weighted by atomic mass is 32.2. The van der Waals surface area contributed by atoms with E-state index in [9.17, 15) is 13.2 Å². The lowest BCUT2D eigenvalue weighted by Crippen LogP contribution is -2.40. The van der Waals surface area contributed by atoms with Gasteiger partial charge in [0.25, 0.3) is 5.91 Å². The van der Waals surface area contributed by atoms with Crippen molar-refractivity contribution < 1.29 is 17.9 Å². The number of aromatic nitrogens is 2. The zero-order valence-electron chi connectivity index (χ0n) is 13.7. The Hall–Kier alpha value is -2.36. The average molecular weight is 362 g/mol. The molecular weight excluding hydrogens is 344 g/mol. The number of carbonyl (C=O) groups is 1. The average Bonchev–Trinajstić information content (AvgIpc) is 2.63. The van der Waals surface area contributed by atoms with Crippen LogP contribution in [0.3, 0.4) is 0 Å². The molecule has 1 saturated heterocycles. The van der Waals surface area contributed by atoms with Gasteiger partial charge in [-0.2, -0.15) is 4.31 Å². The van der Waals surface area contributed by atoms with Crippen molar-refractivity contribution in [2.75, 3.05) is 31.6 Å². The monoisotopic (exact) mass is 362 g/mol. The van der Waals surface area contributed by atoms with E-state index in [1.54, 1.807) is 19.1 Å². The van der Waals surface area contributed by atoms with Crippen molar-refractivity contribution in [3.05, 3.63) is 48.0 Å². The predicted octanol–water partition coefficient (Wildman–Crippen LogP) is 1.06. The Labute approximate surface area is 145 Å². The van der Waals surface area contributed by atoms with E-state index in [1.165, 1.54) is 28.8 Å². The number of benzene rings is 1. The molecule has 0 saturated carbocycles. The van der Waals surface area contributed by atoms with Crippen molar-refractivity contribution in [1.82, 2.24) is 14.3 Å². The molecule has 2 aromatic rings. The van der Waals surface area contributed by atoms with Crippen molar-refractivity contribution in [1.29, 1.82) is 0 Å². The smallest absolute Gasteiger partial charge is 0.275 e. The summed E-state index contributed by atoms with van der Waals surface area (Å²) in [5.74, 6) is -0.451. The largest absolute Gasteiger partial charge is 0.379 e. The molecule has 1 fully saturated rings. The Bertz CT molecular complexity index is 862. The zero-order valence-corrected chi connectivity index (χ0v) is 14.5. The Morgan fingerprint density at radius 1 is 1.20 bits per heavy atom. The highest BCUT2D eigenvalue weighted by Gasteiger charge is 2.26. The van der Waals surface area contributed by atoms with Crippen LogP contribution in [0.2, 0.25) is 0 Å². The van der Waals surface area contributed by atoms with Gasteiger partial charge < -0.3 is 10.1 Å². The minimum atomic E-state index is -3.62. The first-order valence-corrected chi connectivity index (χ1v) is 9.19. The van der Waals surface area contributed by atoms with Crippen molar-refractivity contribution in [3.63, 3.8) is 0 Å². The number of hydrogen-bond donors (Lipinski definition) is 1. The molecule has 3 rings (SSSR count). The van der Waals surface area contributed by atoms with Crippen LogP contribution in [0.5, 0.6) is 0 Å². The molecule has 25 heavy (non-hydrogen) atoms. The van der Waals surface area contributed by atoms with E-state index in [2.05, 4.69) is 15.3 Å². The number of sulfonamides is 1. The number of hydrogen-bond acceptors (Lipinski definition) is 6. The molecule has 0 aliphatic carbocycles. The molecule has 2 heterocycles. The number of nitrogens with zero attached hydrogens (tertiary/aromatic N) is 3. The molecule has 0 bridgehead atoms. The molecular formula is C16H18N4O4S. The lowest BCUT2D eigenvalue weighted by Gasteiger charge is -2.26. The second-order valence-corrected chi connectivity index (χ2v) is 7.48. The molecule has 9 heteroatoms. The summed E-state index contributed by atoms with van der Waals surface area (Å²) in [6.45, 7) is 3.16. The van der Waals surface area contributed by atoms with E-state index in [0.717, 1.165) is 0 Å². The van der Waals surface area contributed by atoms with E-state index < -0.39 is 15.9 Å². The van der Waals surface area contributed by atoms with Crippen LogP contribution in [0.1, 0.15) is 16.2 Å². The van der Waals surface area contributed by atoms with Crippen LogP contribution in [0, 0.1) is 6.92 Å². The summed E-state index contributed by atoms with van der Waals surface area (Å²) < 4.78 is 31.9. The van der Waals surface area contributed by atoms with E-state index in [0.29, 0.717) is 37.7 Å². The minimum absolute atomic E-state index is 0.127. The van der Waals surface area contributed by atoms with Crippen LogP contribution >= 0.6 is 0 Å². The van der Waals surface area contributed by atoms with Crippen LogP contribution < -0.4 is 5.32 Å². The standard InChI is InChI=1S/C16H18N4O4S/c1-12-10-18-15(11-17-12)16(21)19-13-3-2-4-14(9-13)25(22,23)20-5-7-24-8-6-20/h2-4,9-11H,5-8H2,1H3,(H,19,21). The minimum Gasteiger partial charge on any atom is -0.379 e. The second kappa shape index (κ2) is 7.26. The quantitative estimate of drug-likeness (QED) is 0.873. The van der Waals surface area contributed by atoms with Gasteiger partial charge in [-0.15, -0.1) is 0 Å². The van der Waals surface area contributed by atoms with Gasteiger partial charge in [0.2, 0.25) is 10.0 Å². The summed E-state index contributed by atoms with van der Waals surface area (Å²) in [6.07, 6.45) is 2.87. The van der Waals surface area contributed by atoms with E-state index in [1.807, 2.05) is 0 Å².